The molecule has 7 nitrogen and oxygen atoms in total. The molecule has 2 amide bonds. The molecule has 0 unspecified atom stereocenters. The Bertz CT molecular complexity index is 542. The molecule has 3 heterocycles. The molecule has 0 radical (unpaired) electrons. The van der Waals surface area contributed by atoms with Crippen molar-refractivity contribution >= 4 is 6.03 Å². The van der Waals surface area contributed by atoms with E-state index in [4.69, 9.17) is 9.47 Å². The quantitative estimate of drug-likeness (QED) is 0.510. The highest BCUT2D eigenvalue weighted by Gasteiger charge is 2.26. The first-order valence-corrected chi connectivity index (χ1v) is 14.1. The van der Waals surface area contributed by atoms with Crippen LogP contribution in [0.25, 0.3) is 0 Å². The Morgan fingerprint density at radius 2 is 1.26 bits per heavy atom. The Hall–Kier alpha value is -0.890. The second-order valence-electron chi connectivity index (χ2n) is 12.1. The summed E-state index contributed by atoms with van der Waals surface area (Å²) in [6.45, 7) is 31.4. The Kier molecular flexibility index (Phi) is 16.1. The summed E-state index contributed by atoms with van der Waals surface area (Å²) in [5.74, 6) is 2.26. The number of amides is 2. The summed E-state index contributed by atoms with van der Waals surface area (Å²) in [7, 11) is 0. The van der Waals surface area contributed by atoms with E-state index in [1.165, 1.54) is 19.5 Å². The van der Waals surface area contributed by atoms with Crippen molar-refractivity contribution in [1.29, 1.82) is 0 Å². The topological polar surface area (TPSA) is 57.3 Å². The minimum Gasteiger partial charge on any atom is -0.379 e. The molecular weight excluding hydrogens is 440 g/mol. The van der Waals surface area contributed by atoms with Crippen molar-refractivity contribution in [3.8, 4) is 0 Å². The van der Waals surface area contributed by atoms with E-state index in [1.54, 1.807) is 0 Å². The Morgan fingerprint density at radius 3 is 1.69 bits per heavy atom. The largest absolute Gasteiger partial charge is 0.379 e. The Balaban J connectivity index is 0.000000264. The number of hydrogen-bond acceptors (Lipinski definition) is 5. The van der Waals surface area contributed by atoms with Crippen molar-refractivity contribution in [2.45, 2.75) is 68.2 Å². The lowest BCUT2D eigenvalue weighted by atomic mass is 9.80. The summed E-state index contributed by atoms with van der Waals surface area (Å²) in [5.41, 5.74) is 0.428. The number of nitrogens with one attached hydrogen (secondary N) is 1. The van der Waals surface area contributed by atoms with Crippen LogP contribution in [0.15, 0.2) is 0 Å². The number of ether oxygens (including phenoxy) is 2. The van der Waals surface area contributed by atoms with Gasteiger partial charge < -0.3 is 19.7 Å². The number of carbonyl (C=O) groups is 1. The minimum absolute atomic E-state index is 0.102. The van der Waals surface area contributed by atoms with Gasteiger partial charge in [0.1, 0.15) is 0 Å². The van der Waals surface area contributed by atoms with E-state index in [1.807, 2.05) is 4.90 Å². The van der Waals surface area contributed by atoms with E-state index in [2.05, 4.69) is 70.5 Å². The van der Waals surface area contributed by atoms with Gasteiger partial charge in [-0.2, -0.15) is 0 Å². The lowest BCUT2D eigenvalue weighted by Gasteiger charge is -2.37. The summed E-state index contributed by atoms with van der Waals surface area (Å²) in [6.07, 6.45) is 2.42. The number of urea groups is 1. The maximum atomic E-state index is 11.0. The normalized spacial score (nSPS) is 20.0. The summed E-state index contributed by atoms with van der Waals surface area (Å²) in [5, 5.41) is 2.78. The van der Waals surface area contributed by atoms with Gasteiger partial charge in [0.15, 0.2) is 0 Å². The maximum absolute atomic E-state index is 11.0. The van der Waals surface area contributed by atoms with E-state index in [0.717, 1.165) is 90.5 Å². The summed E-state index contributed by atoms with van der Waals surface area (Å²) in [6, 6.07) is 0.102. The molecule has 0 bridgehead atoms. The van der Waals surface area contributed by atoms with Crippen molar-refractivity contribution in [1.82, 2.24) is 20.0 Å². The third-order valence-corrected chi connectivity index (χ3v) is 7.35. The third-order valence-electron chi connectivity index (χ3n) is 7.35. The van der Waals surface area contributed by atoms with E-state index in [-0.39, 0.29) is 6.03 Å². The average molecular weight is 499 g/mol. The van der Waals surface area contributed by atoms with Crippen LogP contribution < -0.4 is 5.32 Å². The van der Waals surface area contributed by atoms with Gasteiger partial charge in [-0.15, -0.1) is 0 Å². The third kappa shape index (κ3) is 15.1. The van der Waals surface area contributed by atoms with Gasteiger partial charge >= 0.3 is 6.03 Å². The Morgan fingerprint density at radius 1 is 0.771 bits per heavy atom. The SMILES string of the molecule is CC(C)C(C)(C)CN1CCOCC1.CC(C)CCN1CCNC1=O.CC(C)CCN1CCOCC1. The molecule has 0 aromatic heterocycles. The number of hydrogen-bond donors (Lipinski definition) is 1. The van der Waals surface area contributed by atoms with Gasteiger partial charge in [-0.3, -0.25) is 9.80 Å². The van der Waals surface area contributed by atoms with Crippen LogP contribution in [0.1, 0.15) is 68.2 Å². The monoisotopic (exact) mass is 498 g/mol. The van der Waals surface area contributed by atoms with Crippen LogP contribution in [0.5, 0.6) is 0 Å². The Labute approximate surface area is 217 Å². The molecule has 3 rings (SSSR count). The number of nitrogens with zero attached hydrogens (tertiary/aromatic N) is 3. The fourth-order valence-electron chi connectivity index (χ4n) is 3.92. The van der Waals surface area contributed by atoms with Gasteiger partial charge in [-0.25, -0.2) is 4.79 Å². The standard InChI is InChI=1S/C11H23NO.C9H19NO.C8H16N2O/c1-10(2)11(3,4)9-12-5-7-13-8-6-12;1-9(2)3-4-10-5-7-11-8-6-10;1-7(2)3-5-10-6-4-9-8(10)11/h10H,5-9H2,1-4H3;9H,3-8H2,1-2H3;7H,3-6H2,1-2H3,(H,9,11). The molecular formula is C28H58N4O3. The van der Waals surface area contributed by atoms with Gasteiger partial charge in [0.2, 0.25) is 0 Å². The zero-order valence-corrected chi connectivity index (χ0v) is 24.4. The second-order valence-corrected chi connectivity index (χ2v) is 12.1. The number of morpholine rings is 2. The molecule has 35 heavy (non-hydrogen) atoms. The van der Waals surface area contributed by atoms with Gasteiger partial charge in [-0.1, -0.05) is 55.4 Å². The van der Waals surface area contributed by atoms with E-state index in [0.29, 0.717) is 11.3 Å². The zero-order chi connectivity index (χ0) is 26.3. The fraction of sp³-hybridized carbons (Fsp3) is 0.964. The maximum Gasteiger partial charge on any atom is 0.317 e. The van der Waals surface area contributed by atoms with Crippen LogP contribution in [0.4, 0.5) is 4.79 Å². The summed E-state index contributed by atoms with van der Waals surface area (Å²) < 4.78 is 10.6. The van der Waals surface area contributed by atoms with Gasteiger partial charge in [-0.05, 0) is 42.6 Å². The number of carbonyl (C=O) groups excluding carboxylic acids is 1. The molecule has 1 N–H and O–H groups in total. The molecule has 0 atom stereocenters. The van der Waals surface area contributed by atoms with Crippen molar-refractivity contribution in [2.24, 2.45) is 23.2 Å². The smallest absolute Gasteiger partial charge is 0.317 e. The molecule has 7 heteroatoms. The first-order valence-electron chi connectivity index (χ1n) is 14.1. The lowest BCUT2D eigenvalue weighted by Crippen LogP contribution is -2.43. The van der Waals surface area contributed by atoms with E-state index >= 15 is 0 Å². The van der Waals surface area contributed by atoms with Gasteiger partial charge in [0.05, 0.1) is 26.4 Å². The molecule has 208 valence electrons. The van der Waals surface area contributed by atoms with Crippen molar-refractivity contribution in [3.05, 3.63) is 0 Å². The van der Waals surface area contributed by atoms with Crippen molar-refractivity contribution < 1.29 is 14.3 Å². The average Bonchev–Trinajstić information content (AvgIpc) is 3.23. The van der Waals surface area contributed by atoms with Crippen LogP contribution in [0.3, 0.4) is 0 Å². The summed E-state index contributed by atoms with van der Waals surface area (Å²) in [4.78, 5) is 17.9. The van der Waals surface area contributed by atoms with Gasteiger partial charge in [0.25, 0.3) is 0 Å². The predicted molar refractivity (Wildman–Crippen MR) is 147 cm³/mol. The molecule has 0 aliphatic carbocycles. The molecule has 3 saturated heterocycles. The predicted octanol–water partition coefficient (Wildman–Crippen LogP) is 4.42. The zero-order valence-electron chi connectivity index (χ0n) is 24.4. The molecule has 0 aromatic rings. The molecule has 0 aromatic carbocycles. The van der Waals surface area contributed by atoms with Crippen LogP contribution in [-0.4, -0.2) is 106 Å². The van der Waals surface area contributed by atoms with E-state index in [9.17, 15) is 4.79 Å². The fourth-order valence-corrected chi connectivity index (χ4v) is 3.92. The first-order chi connectivity index (χ1) is 16.5. The van der Waals surface area contributed by atoms with Crippen LogP contribution in [0, 0.1) is 23.2 Å². The molecule has 0 spiro atoms. The minimum atomic E-state index is 0.102. The lowest BCUT2D eigenvalue weighted by molar-refractivity contribution is 0.0137. The van der Waals surface area contributed by atoms with Crippen molar-refractivity contribution in [2.75, 3.05) is 85.3 Å². The van der Waals surface area contributed by atoms with E-state index < -0.39 is 0 Å². The molecule has 0 saturated carbocycles. The van der Waals surface area contributed by atoms with Crippen LogP contribution in [-0.2, 0) is 9.47 Å². The summed E-state index contributed by atoms with van der Waals surface area (Å²) >= 11 is 0. The highest BCUT2D eigenvalue weighted by atomic mass is 16.5. The van der Waals surface area contributed by atoms with Crippen molar-refractivity contribution in [3.63, 3.8) is 0 Å². The van der Waals surface area contributed by atoms with Crippen LogP contribution in [0.2, 0.25) is 0 Å². The highest BCUT2D eigenvalue weighted by Crippen LogP contribution is 2.27. The molecule has 3 aliphatic rings. The van der Waals surface area contributed by atoms with Crippen LogP contribution >= 0.6 is 0 Å². The first kappa shape index (κ1) is 32.1. The highest BCUT2D eigenvalue weighted by molar-refractivity contribution is 5.76. The van der Waals surface area contributed by atoms with Gasteiger partial charge in [0, 0.05) is 52.4 Å². The molecule has 3 aliphatic heterocycles. The second kappa shape index (κ2) is 17.5. The molecule has 3 fully saturated rings. The number of rotatable bonds is 9.